The Morgan fingerprint density at radius 1 is 1.10 bits per heavy atom. The topological polar surface area (TPSA) is 130 Å². The van der Waals surface area contributed by atoms with E-state index in [0.29, 0.717) is 0 Å². The van der Waals surface area contributed by atoms with Crippen molar-refractivity contribution < 1.29 is 33.0 Å². The van der Waals surface area contributed by atoms with E-state index in [2.05, 4.69) is 5.32 Å². The average Bonchev–Trinajstić information content (AvgIpc) is 3.18. The van der Waals surface area contributed by atoms with Crippen LogP contribution in [-0.2, 0) is 19.4 Å². The molecule has 3 N–H and O–H groups in total. The molecule has 0 spiro atoms. The van der Waals surface area contributed by atoms with Crippen LogP contribution in [-0.4, -0.2) is 36.3 Å². The largest absolute Gasteiger partial charge is 0.507 e. The number of rotatable bonds is 6. The highest BCUT2D eigenvalue weighted by Gasteiger charge is 2.27. The number of phenols is 1. The Bertz CT molecular complexity index is 1110. The number of benzene rings is 2. The number of carboxylic acids is 1. The van der Waals surface area contributed by atoms with E-state index in [9.17, 15) is 23.1 Å². The molecule has 0 heterocycles. The van der Waals surface area contributed by atoms with Gasteiger partial charge < -0.3 is 20.3 Å². The molecule has 0 atom stereocenters. The van der Waals surface area contributed by atoms with Crippen LogP contribution in [0.2, 0.25) is 10.0 Å². The number of halogens is 2. The Morgan fingerprint density at radius 2 is 1.71 bits per heavy atom. The fraction of sp³-hybridized carbons (Fsp3) is 0.300. The second-order valence-corrected chi connectivity index (χ2v) is 10.0. The number of phenolic OH excluding ortho intramolecular Hbond substituents is 1. The summed E-state index contributed by atoms with van der Waals surface area (Å²) >= 11 is 12.3. The third kappa shape index (κ3) is 5.61. The molecule has 0 aliphatic heterocycles. The van der Waals surface area contributed by atoms with Crippen LogP contribution in [0.25, 0.3) is 0 Å². The van der Waals surface area contributed by atoms with Gasteiger partial charge in [-0.2, -0.15) is 0 Å². The van der Waals surface area contributed by atoms with E-state index in [0.717, 1.165) is 25.7 Å². The van der Waals surface area contributed by atoms with Crippen LogP contribution in [0.3, 0.4) is 0 Å². The number of carbonyl (C=O) groups is 2. The van der Waals surface area contributed by atoms with Crippen molar-refractivity contribution in [3.05, 3.63) is 40.4 Å². The van der Waals surface area contributed by atoms with Crippen LogP contribution >= 0.6 is 23.2 Å². The second kappa shape index (κ2) is 9.33. The second-order valence-electron chi connectivity index (χ2n) is 7.19. The van der Waals surface area contributed by atoms with E-state index in [1.807, 2.05) is 0 Å². The van der Waals surface area contributed by atoms with E-state index in [-0.39, 0.29) is 49.5 Å². The third-order valence-corrected chi connectivity index (χ3v) is 7.34. The minimum atomic E-state index is -3.74. The summed E-state index contributed by atoms with van der Waals surface area (Å²) in [5, 5.41) is 20.8. The first-order valence-corrected chi connectivity index (χ1v) is 11.7. The van der Waals surface area contributed by atoms with Gasteiger partial charge in [0.2, 0.25) is 0 Å². The lowest BCUT2D eigenvalue weighted by molar-refractivity contribution is -0.147. The molecule has 8 nitrogen and oxygen atoms in total. The smallest absolute Gasteiger partial charge is 0.394 e. The Morgan fingerprint density at radius 3 is 2.29 bits per heavy atom. The van der Waals surface area contributed by atoms with Crippen molar-refractivity contribution in [1.29, 1.82) is 0 Å². The van der Waals surface area contributed by atoms with Gasteiger partial charge >= 0.3 is 11.9 Å². The molecule has 1 amide bonds. The summed E-state index contributed by atoms with van der Waals surface area (Å²) in [5.41, 5.74) is 0.0419. The van der Waals surface area contributed by atoms with Crippen LogP contribution in [0.4, 0.5) is 5.69 Å². The molecule has 2 aromatic carbocycles. The lowest BCUT2D eigenvalue weighted by atomic mass is 10.1. The molecule has 1 fully saturated rings. The number of sulfone groups is 1. The maximum Gasteiger partial charge on any atom is 0.394 e. The maximum atomic E-state index is 12.8. The third-order valence-electron chi connectivity index (χ3n) is 4.87. The van der Waals surface area contributed by atoms with Crippen LogP contribution in [0.15, 0.2) is 35.2 Å². The van der Waals surface area contributed by atoms with Crippen molar-refractivity contribution in [2.75, 3.05) is 11.1 Å². The average molecular weight is 488 g/mol. The number of carboxylic acid groups (broad SMARTS) is 1. The molecule has 1 saturated carbocycles. The molecule has 0 bridgehead atoms. The van der Waals surface area contributed by atoms with Crippen molar-refractivity contribution in [3.63, 3.8) is 0 Å². The zero-order valence-electron chi connectivity index (χ0n) is 16.1. The standard InChI is InChI=1S/C20H19Cl2NO7S/c21-14-7-12(23-19(25)20(26)27)8-15(22)18(14)30-13-5-6-16(24)17(9-13)31(28,29)10-11-3-1-2-4-11/h5-9,11,24H,1-4,10H2,(H,23,25)(H,26,27). The van der Waals surface area contributed by atoms with E-state index in [4.69, 9.17) is 33.0 Å². The summed E-state index contributed by atoms with van der Waals surface area (Å²) in [5.74, 6) is -3.26. The van der Waals surface area contributed by atoms with Gasteiger partial charge in [0, 0.05) is 11.8 Å². The number of carbonyl (C=O) groups excluding carboxylic acids is 1. The number of amides is 1. The molecule has 31 heavy (non-hydrogen) atoms. The number of aliphatic carboxylic acids is 1. The van der Waals surface area contributed by atoms with Crippen LogP contribution in [0, 0.1) is 5.92 Å². The number of ether oxygens (including phenoxy) is 1. The molecule has 2 aromatic rings. The minimum Gasteiger partial charge on any atom is -0.507 e. The molecule has 3 rings (SSSR count). The Hall–Kier alpha value is -2.49. The fourth-order valence-electron chi connectivity index (χ4n) is 3.42. The van der Waals surface area contributed by atoms with Gasteiger partial charge in [-0.25, -0.2) is 13.2 Å². The van der Waals surface area contributed by atoms with E-state index in [1.54, 1.807) is 0 Å². The first kappa shape index (κ1) is 23.2. The number of hydrogen-bond acceptors (Lipinski definition) is 6. The predicted octanol–water partition coefficient (Wildman–Crippen LogP) is 4.48. The number of aromatic hydroxyl groups is 1. The molecular formula is C20H19Cl2NO7S. The lowest BCUT2D eigenvalue weighted by Gasteiger charge is -2.14. The van der Waals surface area contributed by atoms with Gasteiger partial charge in [0.25, 0.3) is 0 Å². The first-order chi connectivity index (χ1) is 14.6. The summed E-state index contributed by atoms with van der Waals surface area (Å²) in [4.78, 5) is 21.7. The van der Waals surface area contributed by atoms with Crippen molar-refractivity contribution in [2.24, 2.45) is 5.92 Å². The molecule has 0 radical (unpaired) electrons. The van der Waals surface area contributed by atoms with Crippen molar-refractivity contribution in [2.45, 2.75) is 30.6 Å². The minimum absolute atomic E-state index is 0.0264. The summed E-state index contributed by atoms with van der Waals surface area (Å²) in [6, 6.07) is 6.24. The van der Waals surface area contributed by atoms with Gasteiger partial charge in [-0.05, 0) is 43.0 Å². The van der Waals surface area contributed by atoms with Gasteiger partial charge in [-0.1, -0.05) is 36.0 Å². The zero-order chi connectivity index (χ0) is 22.8. The van der Waals surface area contributed by atoms with Gasteiger partial charge in [-0.15, -0.1) is 0 Å². The molecular weight excluding hydrogens is 469 g/mol. The highest BCUT2D eigenvalue weighted by atomic mass is 35.5. The summed E-state index contributed by atoms with van der Waals surface area (Å²) in [7, 11) is -3.74. The summed E-state index contributed by atoms with van der Waals surface area (Å²) in [6.45, 7) is 0. The summed E-state index contributed by atoms with van der Waals surface area (Å²) < 4.78 is 31.2. The van der Waals surface area contributed by atoms with Gasteiger partial charge in [0.1, 0.15) is 16.4 Å². The first-order valence-electron chi connectivity index (χ1n) is 9.34. The van der Waals surface area contributed by atoms with Crippen LogP contribution < -0.4 is 10.1 Å². The molecule has 0 saturated heterocycles. The Kier molecular flexibility index (Phi) is 6.98. The molecule has 166 valence electrons. The number of anilines is 1. The van der Waals surface area contributed by atoms with Crippen molar-refractivity contribution in [1.82, 2.24) is 0 Å². The Labute approximate surface area is 188 Å². The molecule has 1 aliphatic rings. The lowest BCUT2D eigenvalue weighted by Crippen LogP contribution is -2.21. The number of nitrogens with one attached hydrogen (secondary N) is 1. The molecule has 1 aliphatic carbocycles. The fourth-order valence-corrected chi connectivity index (χ4v) is 5.80. The molecule has 11 heteroatoms. The Balaban J connectivity index is 1.85. The highest BCUT2D eigenvalue weighted by molar-refractivity contribution is 7.91. The van der Waals surface area contributed by atoms with Gasteiger partial charge in [0.15, 0.2) is 15.6 Å². The quantitative estimate of drug-likeness (QED) is 0.511. The van der Waals surface area contributed by atoms with Gasteiger partial charge in [0.05, 0.1) is 15.8 Å². The van der Waals surface area contributed by atoms with E-state index < -0.39 is 21.7 Å². The number of hydrogen-bond donors (Lipinski definition) is 3. The van der Waals surface area contributed by atoms with Crippen LogP contribution in [0.5, 0.6) is 17.2 Å². The molecule has 0 aromatic heterocycles. The highest BCUT2D eigenvalue weighted by Crippen LogP contribution is 2.40. The van der Waals surface area contributed by atoms with Crippen molar-refractivity contribution >= 4 is 50.6 Å². The normalized spacial score (nSPS) is 14.4. The van der Waals surface area contributed by atoms with Crippen LogP contribution in [0.1, 0.15) is 25.7 Å². The predicted molar refractivity (Wildman–Crippen MR) is 115 cm³/mol. The SMILES string of the molecule is O=C(O)C(=O)Nc1cc(Cl)c(Oc2ccc(O)c(S(=O)(=O)CC3CCCC3)c2)c(Cl)c1. The zero-order valence-corrected chi connectivity index (χ0v) is 18.4. The summed E-state index contributed by atoms with van der Waals surface area (Å²) in [6.07, 6.45) is 3.67. The van der Waals surface area contributed by atoms with Gasteiger partial charge in [-0.3, -0.25) is 4.79 Å². The van der Waals surface area contributed by atoms with Crippen molar-refractivity contribution in [3.8, 4) is 17.2 Å². The van der Waals surface area contributed by atoms with E-state index in [1.165, 1.54) is 30.3 Å². The maximum absolute atomic E-state index is 12.8. The monoisotopic (exact) mass is 487 g/mol. The van der Waals surface area contributed by atoms with E-state index >= 15 is 0 Å². The molecule has 0 unspecified atom stereocenters.